The number of aromatic nitrogens is 5. The van der Waals surface area contributed by atoms with Gasteiger partial charge in [-0.15, -0.1) is 11.3 Å². The van der Waals surface area contributed by atoms with E-state index in [1.54, 1.807) is 12.1 Å². The third kappa shape index (κ3) is 6.35. The third-order valence-corrected chi connectivity index (χ3v) is 10.4. The predicted octanol–water partition coefficient (Wildman–Crippen LogP) is 3.82. The largest absolute Gasteiger partial charge is 0.490 e. The van der Waals surface area contributed by atoms with Crippen LogP contribution in [0.15, 0.2) is 90.2 Å². The molecule has 0 bridgehead atoms. The molecule has 52 heavy (non-hydrogen) atoms. The molecule has 13 nitrogen and oxygen atoms in total. The Hall–Kier alpha value is -5.71. The molecule has 1 fully saturated rings. The molecule has 266 valence electrons. The Kier molecular flexibility index (Phi) is 8.64. The fourth-order valence-corrected chi connectivity index (χ4v) is 7.90. The number of halogens is 2. The van der Waals surface area contributed by atoms with Crippen LogP contribution in [-0.4, -0.2) is 79.1 Å². The number of fused-ring (bicyclic) bond motifs is 2. The van der Waals surface area contributed by atoms with Crippen LogP contribution in [0.2, 0.25) is 0 Å². The van der Waals surface area contributed by atoms with Crippen molar-refractivity contribution in [2.75, 3.05) is 43.4 Å². The number of para-hydroxylation sites is 1. The van der Waals surface area contributed by atoms with Gasteiger partial charge in [-0.25, -0.2) is 23.4 Å². The van der Waals surface area contributed by atoms with Gasteiger partial charge >= 0.3 is 0 Å². The molecule has 0 spiro atoms. The Labute approximate surface area is 299 Å². The van der Waals surface area contributed by atoms with E-state index >= 15 is 0 Å². The van der Waals surface area contributed by atoms with Crippen molar-refractivity contribution in [3.63, 3.8) is 0 Å². The molecule has 0 saturated carbocycles. The molecule has 16 heteroatoms. The first-order valence-corrected chi connectivity index (χ1v) is 17.4. The number of anilines is 3. The Morgan fingerprint density at radius 2 is 1.90 bits per heavy atom. The summed E-state index contributed by atoms with van der Waals surface area (Å²) in [5.41, 5.74) is 6.51. The molecule has 8 rings (SSSR count). The smallest absolute Gasteiger partial charge is 0.298 e. The molecule has 2 aliphatic heterocycles. The standard InChI is InChI=1S/C36H33F2N9O4S/c37-22-6-8-26(27(38)14-22)36(50,19-45-21-40-20-41-45)18-44-11-10-23(17-44)42-33(48)31-16-29-34(52-31)43-32(39)35(49)47(29)25-7-9-30-28(15-25)46(12-13-51-30)24-4-2-1-3-5-24/h1-9,14-16,20-21,23,50H,10-13,17-19H2,(H2,39,43)(H,42,48)/t23-,36?/m0/s1. The number of amides is 1. The highest BCUT2D eigenvalue weighted by atomic mass is 32.1. The first-order chi connectivity index (χ1) is 25.1. The number of thiophene rings is 1. The number of nitrogens with two attached hydrogens (primary N) is 1. The fourth-order valence-electron chi connectivity index (χ4n) is 6.97. The van der Waals surface area contributed by atoms with E-state index < -0.39 is 22.8 Å². The highest BCUT2D eigenvalue weighted by molar-refractivity contribution is 7.20. The topological polar surface area (TPSA) is 157 Å². The molecular weight excluding hydrogens is 693 g/mol. The summed E-state index contributed by atoms with van der Waals surface area (Å²) in [5.74, 6) is -1.50. The third-order valence-electron chi connectivity index (χ3n) is 9.35. The molecule has 0 radical (unpaired) electrons. The minimum atomic E-state index is -1.77. The van der Waals surface area contributed by atoms with Crippen molar-refractivity contribution in [1.82, 2.24) is 34.5 Å². The van der Waals surface area contributed by atoms with Crippen LogP contribution in [0, 0.1) is 11.6 Å². The molecule has 6 aromatic rings. The Bertz CT molecular complexity index is 2340. The number of hydrogen-bond acceptors (Lipinski definition) is 11. The minimum absolute atomic E-state index is 0.00629. The maximum atomic E-state index is 15.0. The van der Waals surface area contributed by atoms with Crippen molar-refractivity contribution < 1.29 is 23.4 Å². The highest BCUT2D eigenvalue weighted by Crippen LogP contribution is 2.39. The van der Waals surface area contributed by atoms with Crippen LogP contribution in [0.25, 0.3) is 16.0 Å². The lowest BCUT2D eigenvalue weighted by Gasteiger charge is -2.33. The van der Waals surface area contributed by atoms with Gasteiger partial charge in [0.1, 0.15) is 47.1 Å². The summed E-state index contributed by atoms with van der Waals surface area (Å²) in [6.07, 6.45) is 3.28. The summed E-state index contributed by atoms with van der Waals surface area (Å²) < 4.78 is 37.5. The molecule has 3 aromatic carbocycles. The van der Waals surface area contributed by atoms with Crippen LogP contribution < -0.4 is 26.2 Å². The molecule has 5 heterocycles. The van der Waals surface area contributed by atoms with E-state index in [9.17, 15) is 23.5 Å². The molecule has 1 unspecified atom stereocenters. The number of rotatable bonds is 9. The lowest BCUT2D eigenvalue weighted by Crippen LogP contribution is -2.45. The number of nitrogens with zero attached hydrogens (tertiary/aromatic N) is 7. The maximum Gasteiger partial charge on any atom is 0.298 e. The number of carbonyl (C=O) groups excluding carboxylic acids is 1. The summed E-state index contributed by atoms with van der Waals surface area (Å²) in [6.45, 7) is 1.86. The van der Waals surface area contributed by atoms with Crippen LogP contribution in [0.1, 0.15) is 21.7 Å². The quantitative estimate of drug-likeness (QED) is 0.200. The zero-order valence-electron chi connectivity index (χ0n) is 27.7. The van der Waals surface area contributed by atoms with Gasteiger partial charge in [0.15, 0.2) is 5.82 Å². The number of β-amino-alcohol motifs (C(OH)–C–C–N with tert-alkyl or cyclic N) is 1. The normalized spacial score (nSPS) is 17.1. The SMILES string of the molecule is Nc1nc2sc(C(=O)N[C@H]3CCN(CC(O)(Cn4cncn4)c4ccc(F)cc4F)C3)cc2n(-c2ccc3c(c2)N(c2ccccc2)CCO3)c1=O. The predicted molar refractivity (Wildman–Crippen MR) is 191 cm³/mol. The van der Waals surface area contributed by atoms with E-state index in [4.69, 9.17) is 10.5 Å². The van der Waals surface area contributed by atoms with Crippen molar-refractivity contribution in [1.29, 1.82) is 0 Å². The molecule has 3 aromatic heterocycles. The van der Waals surface area contributed by atoms with E-state index in [0.29, 0.717) is 59.3 Å². The Morgan fingerprint density at radius 1 is 1.06 bits per heavy atom. The van der Waals surface area contributed by atoms with Crippen molar-refractivity contribution in [2.24, 2.45) is 0 Å². The molecule has 4 N–H and O–H groups in total. The van der Waals surface area contributed by atoms with Crippen LogP contribution >= 0.6 is 11.3 Å². The van der Waals surface area contributed by atoms with E-state index in [1.165, 1.54) is 28.0 Å². The number of nitrogen functional groups attached to an aromatic ring is 1. The Balaban J connectivity index is 1.03. The summed E-state index contributed by atoms with van der Waals surface area (Å²) in [6, 6.07) is 19.8. The van der Waals surface area contributed by atoms with Gasteiger partial charge in [0.2, 0.25) is 0 Å². The highest BCUT2D eigenvalue weighted by Gasteiger charge is 2.38. The zero-order valence-corrected chi connectivity index (χ0v) is 28.5. The van der Waals surface area contributed by atoms with Gasteiger partial charge in [-0.05, 0) is 48.9 Å². The van der Waals surface area contributed by atoms with Crippen LogP contribution in [-0.2, 0) is 12.1 Å². The average Bonchev–Trinajstić information content (AvgIpc) is 3.91. The van der Waals surface area contributed by atoms with Crippen LogP contribution in [0.5, 0.6) is 5.75 Å². The first kappa shape index (κ1) is 33.4. The minimum Gasteiger partial charge on any atom is -0.490 e. The van der Waals surface area contributed by atoms with E-state index in [-0.39, 0.29) is 36.4 Å². The van der Waals surface area contributed by atoms with Crippen LogP contribution in [0.3, 0.4) is 0 Å². The Morgan fingerprint density at radius 3 is 2.69 bits per heavy atom. The molecule has 2 aliphatic rings. The van der Waals surface area contributed by atoms with Gasteiger partial charge in [0.25, 0.3) is 11.5 Å². The van der Waals surface area contributed by atoms with Crippen molar-refractivity contribution >= 4 is 44.8 Å². The van der Waals surface area contributed by atoms with Gasteiger partial charge < -0.3 is 25.8 Å². The fraction of sp³-hybridized carbons (Fsp3) is 0.250. The lowest BCUT2D eigenvalue weighted by atomic mass is 9.92. The monoisotopic (exact) mass is 725 g/mol. The molecule has 1 amide bonds. The van der Waals surface area contributed by atoms with E-state index in [2.05, 4.69) is 25.3 Å². The van der Waals surface area contributed by atoms with Gasteiger partial charge in [-0.1, -0.05) is 24.3 Å². The summed E-state index contributed by atoms with van der Waals surface area (Å²) in [5, 5.41) is 18.9. The number of benzene rings is 3. The van der Waals surface area contributed by atoms with Gasteiger partial charge in [-0.3, -0.25) is 19.1 Å². The van der Waals surface area contributed by atoms with E-state index in [0.717, 1.165) is 34.8 Å². The second-order valence-electron chi connectivity index (χ2n) is 12.9. The van der Waals surface area contributed by atoms with Gasteiger partial charge in [0.05, 0.1) is 34.9 Å². The molecule has 0 aliphatic carbocycles. The number of likely N-dealkylation sites (tertiary alicyclic amines) is 1. The first-order valence-electron chi connectivity index (χ1n) is 16.6. The average molecular weight is 726 g/mol. The summed E-state index contributed by atoms with van der Waals surface area (Å²) >= 11 is 1.12. The molecule has 2 atom stereocenters. The number of ether oxygens (including phenoxy) is 1. The van der Waals surface area contributed by atoms with Crippen molar-refractivity contribution in [3.8, 4) is 11.4 Å². The number of aliphatic hydroxyl groups is 1. The number of hydrogen-bond donors (Lipinski definition) is 3. The van der Waals surface area contributed by atoms with Crippen molar-refractivity contribution in [2.45, 2.75) is 24.6 Å². The zero-order chi connectivity index (χ0) is 36.0. The number of nitrogens with one attached hydrogen (secondary N) is 1. The van der Waals surface area contributed by atoms with Crippen molar-refractivity contribution in [3.05, 3.63) is 118 Å². The summed E-state index contributed by atoms with van der Waals surface area (Å²) in [4.78, 5) is 40.2. The van der Waals surface area contributed by atoms with Gasteiger partial charge in [0, 0.05) is 43.0 Å². The lowest BCUT2D eigenvalue weighted by molar-refractivity contribution is -0.0167. The maximum absolute atomic E-state index is 15.0. The van der Waals surface area contributed by atoms with E-state index in [1.807, 2.05) is 47.4 Å². The number of carbonyl (C=O) groups is 1. The second kappa shape index (κ2) is 13.4. The van der Waals surface area contributed by atoms with Crippen LogP contribution in [0.4, 0.5) is 26.0 Å². The second-order valence-corrected chi connectivity index (χ2v) is 13.9. The molecule has 1 saturated heterocycles. The summed E-state index contributed by atoms with van der Waals surface area (Å²) in [7, 11) is 0. The van der Waals surface area contributed by atoms with Gasteiger partial charge in [-0.2, -0.15) is 5.10 Å². The molecular formula is C36H33F2N9O4S.